The van der Waals surface area contributed by atoms with Crippen LogP contribution in [-0.2, 0) is 4.74 Å². The lowest BCUT2D eigenvalue weighted by molar-refractivity contribution is -0.385. The minimum absolute atomic E-state index is 0.0589. The average Bonchev–Trinajstić information content (AvgIpc) is 2.42. The van der Waals surface area contributed by atoms with Crippen molar-refractivity contribution in [1.82, 2.24) is 5.32 Å². The van der Waals surface area contributed by atoms with Crippen molar-refractivity contribution in [2.75, 3.05) is 19.8 Å². The smallest absolute Gasteiger partial charge is 0.274 e. The Bertz CT molecular complexity index is 396. The third kappa shape index (κ3) is 5.36. The van der Waals surface area contributed by atoms with E-state index in [1.807, 2.05) is 13.0 Å². The van der Waals surface area contributed by atoms with Gasteiger partial charge in [0.1, 0.15) is 0 Å². The number of nitrogens with one attached hydrogen (secondary N) is 1. The van der Waals surface area contributed by atoms with Crippen LogP contribution in [-0.4, -0.2) is 24.7 Å². The zero-order valence-corrected chi connectivity index (χ0v) is 11.6. The normalized spacial score (nSPS) is 12.3. The predicted octanol–water partition coefficient (Wildman–Crippen LogP) is 3.06. The van der Waals surface area contributed by atoms with Gasteiger partial charge in [-0.3, -0.25) is 10.1 Å². The summed E-state index contributed by atoms with van der Waals surface area (Å²) in [6.07, 6.45) is 2.19. The monoisotopic (exact) mass is 266 g/mol. The highest BCUT2D eigenvalue weighted by Crippen LogP contribution is 2.23. The molecule has 1 rings (SSSR count). The van der Waals surface area contributed by atoms with Crippen molar-refractivity contribution in [3.05, 3.63) is 39.9 Å². The summed E-state index contributed by atoms with van der Waals surface area (Å²) in [5, 5.41) is 14.2. The van der Waals surface area contributed by atoms with Crippen LogP contribution in [0.25, 0.3) is 0 Å². The molecule has 5 heteroatoms. The van der Waals surface area contributed by atoms with E-state index >= 15 is 0 Å². The Hall–Kier alpha value is -1.46. The molecule has 106 valence electrons. The number of hydrogen-bond donors (Lipinski definition) is 1. The van der Waals surface area contributed by atoms with Crippen molar-refractivity contribution >= 4 is 5.69 Å². The Kier molecular flexibility index (Phi) is 7.07. The number of nitro benzene ring substituents is 1. The molecule has 19 heavy (non-hydrogen) atoms. The molecule has 5 nitrogen and oxygen atoms in total. The van der Waals surface area contributed by atoms with Crippen LogP contribution in [0.1, 0.15) is 38.3 Å². The number of ether oxygens (including phenoxy) is 1. The molecule has 1 aromatic carbocycles. The van der Waals surface area contributed by atoms with Gasteiger partial charge in [0, 0.05) is 30.8 Å². The van der Waals surface area contributed by atoms with Gasteiger partial charge in [-0.25, -0.2) is 0 Å². The van der Waals surface area contributed by atoms with Gasteiger partial charge in [0.2, 0.25) is 0 Å². The van der Waals surface area contributed by atoms with Crippen LogP contribution in [0.4, 0.5) is 5.69 Å². The molecule has 1 aromatic rings. The van der Waals surface area contributed by atoms with Gasteiger partial charge < -0.3 is 10.1 Å². The van der Waals surface area contributed by atoms with E-state index < -0.39 is 0 Å². The minimum Gasteiger partial charge on any atom is -0.380 e. The summed E-state index contributed by atoms with van der Waals surface area (Å²) in [6, 6.07) is 6.76. The van der Waals surface area contributed by atoms with E-state index in [1.54, 1.807) is 12.1 Å². The number of rotatable bonds is 9. The van der Waals surface area contributed by atoms with Crippen molar-refractivity contribution in [3.8, 4) is 0 Å². The number of hydrogen-bond acceptors (Lipinski definition) is 4. The largest absolute Gasteiger partial charge is 0.380 e. The van der Waals surface area contributed by atoms with E-state index in [-0.39, 0.29) is 16.7 Å². The fraction of sp³-hybridized carbons (Fsp3) is 0.571. The van der Waals surface area contributed by atoms with Crippen LogP contribution in [0.5, 0.6) is 0 Å². The van der Waals surface area contributed by atoms with Crippen LogP contribution < -0.4 is 5.32 Å². The highest BCUT2D eigenvalue weighted by Gasteiger charge is 2.17. The van der Waals surface area contributed by atoms with Crippen molar-refractivity contribution in [2.24, 2.45) is 0 Å². The molecule has 0 spiro atoms. The SMILES string of the molecule is CCCCOCCNC(C)c1ccccc1[N+](=O)[O-]. The molecule has 1 atom stereocenters. The van der Waals surface area contributed by atoms with Gasteiger partial charge in [-0.2, -0.15) is 0 Å². The van der Waals surface area contributed by atoms with Gasteiger partial charge in [-0.05, 0) is 13.3 Å². The Labute approximate surface area is 114 Å². The topological polar surface area (TPSA) is 64.4 Å². The summed E-state index contributed by atoms with van der Waals surface area (Å²) in [5.74, 6) is 0. The lowest BCUT2D eigenvalue weighted by atomic mass is 10.1. The molecule has 0 fully saturated rings. The highest BCUT2D eigenvalue weighted by molar-refractivity contribution is 5.41. The lowest BCUT2D eigenvalue weighted by Crippen LogP contribution is -2.24. The number of para-hydroxylation sites is 1. The summed E-state index contributed by atoms with van der Waals surface area (Å²) >= 11 is 0. The van der Waals surface area contributed by atoms with Gasteiger partial charge in [0.05, 0.1) is 11.5 Å². The van der Waals surface area contributed by atoms with Crippen LogP contribution in [0.3, 0.4) is 0 Å². The predicted molar refractivity (Wildman–Crippen MR) is 75.2 cm³/mol. The molecule has 0 bridgehead atoms. The maximum Gasteiger partial charge on any atom is 0.274 e. The van der Waals surface area contributed by atoms with Crippen LogP contribution >= 0.6 is 0 Å². The molecule has 0 radical (unpaired) electrons. The van der Waals surface area contributed by atoms with Gasteiger partial charge in [-0.1, -0.05) is 31.5 Å². The van der Waals surface area contributed by atoms with Crippen molar-refractivity contribution in [2.45, 2.75) is 32.7 Å². The lowest BCUT2D eigenvalue weighted by Gasteiger charge is -2.14. The highest BCUT2D eigenvalue weighted by atomic mass is 16.6. The fourth-order valence-electron chi connectivity index (χ4n) is 1.83. The molecule has 1 N–H and O–H groups in total. The zero-order valence-electron chi connectivity index (χ0n) is 11.6. The molecule has 0 heterocycles. The second-order valence-electron chi connectivity index (χ2n) is 4.46. The maximum atomic E-state index is 10.9. The molecule has 0 aliphatic carbocycles. The molecular weight excluding hydrogens is 244 g/mol. The van der Waals surface area contributed by atoms with Crippen molar-refractivity contribution in [1.29, 1.82) is 0 Å². The molecule has 0 saturated heterocycles. The quantitative estimate of drug-likeness (QED) is 0.424. The van der Waals surface area contributed by atoms with Crippen molar-refractivity contribution in [3.63, 3.8) is 0 Å². The molecular formula is C14H22N2O3. The second kappa shape index (κ2) is 8.61. The van der Waals surface area contributed by atoms with E-state index in [0.29, 0.717) is 18.7 Å². The van der Waals surface area contributed by atoms with E-state index in [1.165, 1.54) is 6.07 Å². The first kappa shape index (κ1) is 15.6. The van der Waals surface area contributed by atoms with Crippen LogP contribution in [0, 0.1) is 10.1 Å². The van der Waals surface area contributed by atoms with Gasteiger partial charge in [0.25, 0.3) is 5.69 Å². The number of unbranched alkanes of at least 4 members (excludes halogenated alkanes) is 1. The van der Waals surface area contributed by atoms with E-state index in [2.05, 4.69) is 12.2 Å². The van der Waals surface area contributed by atoms with E-state index in [4.69, 9.17) is 4.74 Å². The number of nitrogens with zero attached hydrogens (tertiary/aromatic N) is 1. The molecule has 0 saturated carbocycles. The number of benzene rings is 1. The Morgan fingerprint density at radius 1 is 1.37 bits per heavy atom. The Morgan fingerprint density at radius 3 is 2.79 bits per heavy atom. The summed E-state index contributed by atoms with van der Waals surface area (Å²) < 4.78 is 5.44. The standard InChI is InChI=1S/C14H22N2O3/c1-3-4-10-19-11-9-15-12(2)13-7-5-6-8-14(13)16(17)18/h5-8,12,15H,3-4,9-11H2,1-2H3. The molecule has 0 aliphatic heterocycles. The molecule has 0 aliphatic rings. The van der Waals surface area contributed by atoms with Gasteiger partial charge in [0.15, 0.2) is 0 Å². The summed E-state index contributed by atoms with van der Waals surface area (Å²) in [6.45, 7) is 6.15. The Balaban J connectivity index is 2.41. The summed E-state index contributed by atoms with van der Waals surface area (Å²) in [7, 11) is 0. The maximum absolute atomic E-state index is 10.9. The molecule has 0 aromatic heterocycles. The number of nitro groups is 1. The first-order chi connectivity index (χ1) is 9.16. The third-order valence-electron chi connectivity index (χ3n) is 2.94. The Morgan fingerprint density at radius 2 is 2.11 bits per heavy atom. The summed E-state index contributed by atoms with van der Waals surface area (Å²) in [4.78, 5) is 10.6. The fourth-order valence-corrected chi connectivity index (χ4v) is 1.83. The first-order valence-electron chi connectivity index (χ1n) is 6.71. The third-order valence-corrected chi connectivity index (χ3v) is 2.94. The van der Waals surface area contributed by atoms with E-state index in [9.17, 15) is 10.1 Å². The molecule has 1 unspecified atom stereocenters. The molecule has 0 amide bonds. The average molecular weight is 266 g/mol. The second-order valence-corrected chi connectivity index (χ2v) is 4.46. The summed E-state index contributed by atoms with van der Waals surface area (Å²) in [5.41, 5.74) is 0.871. The van der Waals surface area contributed by atoms with Gasteiger partial charge in [-0.15, -0.1) is 0 Å². The first-order valence-corrected chi connectivity index (χ1v) is 6.71. The van der Waals surface area contributed by atoms with Crippen molar-refractivity contribution < 1.29 is 9.66 Å². The zero-order chi connectivity index (χ0) is 14.1. The van der Waals surface area contributed by atoms with E-state index in [0.717, 1.165) is 19.4 Å². The van der Waals surface area contributed by atoms with Crippen LogP contribution in [0.2, 0.25) is 0 Å². The van der Waals surface area contributed by atoms with Gasteiger partial charge >= 0.3 is 0 Å². The minimum atomic E-state index is -0.342. The van der Waals surface area contributed by atoms with Crippen LogP contribution in [0.15, 0.2) is 24.3 Å².